The van der Waals surface area contributed by atoms with Crippen LogP contribution in [0.1, 0.15) is 29.0 Å². The fourth-order valence-electron chi connectivity index (χ4n) is 5.31. The summed E-state index contributed by atoms with van der Waals surface area (Å²) in [5, 5.41) is 3.39. The molecule has 6 rings (SSSR count). The maximum absolute atomic E-state index is 14.1. The Morgan fingerprint density at radius 2 is 1.85 bits per heavy atom. The highest BCUT2D eigenvalue weighted by molar-refractivity contribution is 5.94. The molecule has 0 unspecified atom stereocenters. The number of imidazole rings is 1. The summed E-state index contributed by atoms with van der Waals surface area (Å²) in [4.78, 5) is 30.5. The number of nitrogens with one attached hydrogen (secondary N) is 1. The first-order valence-corrected chi connectivity index (χ1v) is 13.6. The third-order valence-corrected chi connectivity index (χ3v) is 7.49. The fraction of sp³-hybridized carbons (Fsp3) is 0.379. The van der Waals surface area contributed by atoms with Gasteiger partial charge in [0.25, 0.3) is 12.3 Å². The molecule has 2 saturated heterocycles. The van der Waals surface area contributed by atoms with E-state index in [-0.39, 0.29) is 17.6 Å². The number of morpholine rings is 1. The number of anilines is 2. The number of rotatable bonds is 8. The van der Waals surface area contributed by atoms with Gasteiger partial charge in [-0.3, -0.25) is 9.36 Å². The van der Waals surface area contributed by atoms with E-state index in [2.05, 4.69) is 10.3 Å². The Kier molecular flexibility index (Phi) is 7.64. The molecule has 0 bridgehead atoms. The number of fused-ring (bicyclic) bond motifs is 1. The molecule has 0 spiro atoms. The fourth-order valence-corrected chi connectivity index (χ4v) is 5.31. The van der Waals surface area contributed by atoms with Crippen molar-refractivity contribution in [1.82, 2.24) is 24.4 Å². The van der Waals surface area contributed by atoms with Crippen molar-refractivity contribution < 1.29 is 23.0 Å². The molecule has 0 radical (unpaired) electrons. The number of hydrogen-bond acceptors (Lipinski definition) is 8. The average Bonchev–Trinajstić information content (AvgIpc) is 3.65. The largest absolute Gasteiger partial charge is 0.497 e. The summed E-state index contributed by atoms with van der Waals surface area (Å²) in [5.74, 6) is 1.80. The molecular weight excluding hydrogens is 532 g/mol. The summed E-state index contributed by atoms with van der Waals surface area (Å²) in [5.41, 5.74) is 1.64. The minimum atomic E-state index is -2.78. The third-order valence-electron chi connectivity index (χ3n) is 7.49. The van der Waals surface area contributed by atoms with Crippen molar-refractivity contribution in [2.75, 3.05) is 63.3 Å². The molecular formula is C29H31F2N7O3. The van der Waals surface area contributed by atoms with Crippen LogP contribution in [-0.2, 0) is 4.74 Å². The second-order valence-electron chi connectivity index (χ2n) is 10.1. The second kappa shape index (κ2) is 11.7. The topological polar surface area (TPSA) is 97.6 Å². The van der Waals surface area contributed by atoms with Crippen LogP contribution >= 0.6 is 0 Å². The maximum atomic E-state index is 14.1. The first-order valence-electron chi connectivity index (χ1n) is 13.6. The lowest BCUT2D eigenvalue weighted by Crippen LogP contribution is -2.37. The molecule has 214 valence electrons. The van der Waals surface area contributed by atoms with Crippen molar-refractivity contribution in [2.45, 2.75) is 12.8 Å². The predicted octanol–water partition coefficient (Wildman–Crippen LogP) is 4.17. The molecule has 12 heteroatoms. The third kappa shape index (κ3) is 5.64. The standard InChI is InChI=1S/C29H31F2N7O3/c1-40-21-8-6-20(7-9-21)28(39)37-11-10-19(18-37)17-32-24-16-25(35-29(34-24)36-12-14-41-15-13-36)38-23-5-3-2-4-22(23)33-27(38)26(30)31/h2-9,16,19,26H,10-15,17-18H2,1H3,(H,32,34,35)/t19-/m1/s1. The van der Waals surface area contributed by atoms with E-state index >= 15 is 0 Å². The monoisotopic (exact) mass is 563 g/mol. The normalized spacial score (nSPS) is 17.4. The molecule has 2 aliphatic rings. The number of benzene rings is 2. The van der Waals surface area contributed by atoms with Gasteiger partial charge in [-0.15, -0.1) is 0 Å². The van der Waals surface area contributed by atoms with Crippen LogP contribution in [0.25, 0.3) is 16.9 Å². The van der Waals surface area contributed by atoms with Gasteiger partial charge in [-0.2, -0.15) is 9.97 Å². The van der Waals surface area contributed by atoms with Gasteiger partial charge in [0, 0.05) is 44.4 Å². The van der Waals surface area contributed by atoms with Gasteiger partial charge in [0.05, 0.1) is 31.4 Å². The van der Waals surface area contributed by atoms with Crippen LogP contribution in [0.2, 0.25) is 0 Å². The van der Waals surface area contributed by atoms with E-state index in [1.165, 1.54) is 4.57 Å². The molecule has 41 heavy (non-hydrogen) atoms. The highest BCUT2D eigenvalue weighted by Gasteiger charge is 2.28. The Morgan fingerprint density at radius 3 is 2.61 bits per heavy atom. The molecule has 0 aliphatic carbocycles. The summed E-state index contributed by atoms with van der Waals surface area (Å²) < 4.78 is 40.3. The van der Waals surface area contributed by atoms with Gasteiger partial charge in [0.2, 0.25) is 5.95 Å². The maximum Gasteiger partial charge on any atom is 0.296 e. The Hall–Kier alpha value is -4.32. The number of hydrogen-bond donors (Lipinski definition) is 1. The predicted molar refractivity (Wildman–Crippen MR) is 150 cm³/mol. The zero-order valence-electron chi connectivity index (χ0n) is 22.7. The number of alkyl halides is 2. The van der Waals surface area contributed by atoms with Crippen molar-refractivity contribution in [1.29, 1.82) is 0 Å². The van der Waals surface area contributed by atoms with Crippen LogP contribution in [0, 0.1) is 5.92 Å². The summed E-state index contributed by atoms with van der Waals surface area (Å²) in [6, 6.07) is 15.8. The van der Waals surface area contributed by atoms with Gasteiger partial charge in [-0.1, -0.05) is 12.1 Å². The Bertz CT molecular complexity index is 1520. The Labute approximate surface area is 235 Å². The van der Waals surface area contributed by atoms with Gasteiger partial charge in [-0.25, -0.2) is 13.8 Å². The molecule has 1 atom stereocenters. The van der Waals surface area contributed by atoms with Gasteiger partial charge in [-0.05, 0) is 48.7 Å². The number of methoxy groups -OCH3 is 1. The van der Waals surface area contributed by atoms with Crippen LogP contribution in [0.3, 0.4) is 0 Å². The van der Waals surface area contributed by atoms with Crippen LogP contribution < -0.4 is 15.0 Å². The van der Waals surface area contributed by atoms with Crippen LogP contribution in [0.4, 0.5) is 20.5 Å². The van der Waals surface area contributed by atoms with E-state index in [1.807, 2.05) is 9.80 Å². The Balaban J connectivity index is 1.24. The van der Waals surface area contributed by atoms with Crippen LogP contribution in [0.15, 0.2) is 54.6 Å². The number of amides is 1. The minimum absolute atomic E-state index is 0.0133. The summed E-state index contributed by atoms with van der Waals surface area (Å²) >= 11 is 0. The molecule has 1 N–H and O–H groups in total. The number of carbonyl (C=O) groups is 1. The van der Waals surface area contributed by atoms with Crippen LogP contribution in [-0.4, -0.2) is 83.4 Å². The summed E-state index contributed by atoms with van der Waals surface area (Å²) in [7, 11) is 1.59. The number of aromatic nitrogens is 4. The van der Waals surface area contributed by atoms with E-state index < -0.39 is 6.43 Å². The highest BCUT2D eigenvalue weighted by Crippen LogP contribution is 2.29. The molecule has 2 aliphatic heterocycles. The Morgan fingerprint density at radius 1 is 1.07 bits per heavy atom. The van der Waals surface area contributed by atoms with E-state index in [1.54, 1.807) is 61.7 Å². The van der Waals surface area contributed by atoms with Crippen molar-refractivity contribution in [3.8, 4) is 11.6 Å². The van der Waals surface area contributed by atoms with Gasteiger partial charge >= 0.3 is 0 Å². The lowest BCUT2D eigenvalue weighted by molar-refractivity contribution is 0.0787. The highest BCUT2D eigenvalue weighted by atomic mass is 19.3. The molecule has 1 amide bonds. The van der Waals surface area contributed by atoms with E-state index in [9.17, 15) is 13.6 Å². The van der Waals surface area contributed by atoms with E-state index in [0.717, 1.165) is 6.42 Å². The molecule has 0 saturated carbocycles. The van der Waals surface area contributed by atoms with Crippen molar-refractivity contribution in [2.24, 2.45) is 5.92 Å². The van der Waals surface area contributed by atoms with E-state index in [0.29, 0.717) is 85.9 Å². The number of carbonyl (C=O) groups excluding carboxylic acids is 1. The zero-order valence-corrected chi connectivity index (χ0v) is 22.7. The summed E-state index contributed by atoms with van der Waals surface area (Å²) in [6.45, 7) is 4.09. The van der Waals surface area contributed by atoms with Gasteiger partial charge in [0.1, 0.15) is 17.4 Å². The first kappa shape index (κ1) is 26.9. The number of likely N-dealkylation sites (tertiary alicyclic amines) is 1. The molecule has 4 heterocycles. The molecule has 4 aromatic rings. The molecule has 2 fully saturated rings. The number of nitrogens with zero attached hydrogens (tertiary/aromatic N) is 6. The van der Waals surface area contributed by atoms with Crippen molar-refractivity contribution >= 4 is 28.7 Å². The van der Waals surface area contributed by atoms with Crippen LogP contribution in [0.5, 0.6) is 5.75 Å². The van der Waals surface area contributed by atoms with Gasteiger partial charge < -0.3 is 24.6 Å². The smallest absolute Gasteiger partial charge is 0.296 e. The number of ether oxygens (including phenoxy) is 2. The first-order chi connectivity index (χ1) is 20.0. The minimum Gasteiger partial charge on any atom is -0.497 e. The quantitative estimate of drug-likeness (QED) is 0.341. The number of para-hydroxylation sites is 2. The SMILES string of the molecule is COc1ccc(C(=O)N2CC[C@H](CNc3cc(-n4c(C(F)F)nc5ccccc54)nc(N4CCOCC4)n3)C2)cc1. The molecule has 2 aromatic heterocycles. The van der Waals surface area contributed by atoms with Crippen molar-refractivity contribution in [3.63, 3.8) is 0 Å². The lowest BCUT2D eigenvalue weighted by Gasteiger charge is -2.27. The summed E-state index contributed by atoms with van der Waals surface area (Å²) in [6.07, 6.45) is -1.95. The number of halogens is 2. The zero-order chi connectivity index (χ0) is 28.3. The lowest BCUT2D eigenvalue weighted by atomic mass is 10.1. The van der Waals surface area contributed by atoms with E-state index in [4.69, 9.17) is 19.4 Å². The molecule has 2 aromatic carbocycles. The van der Waals surface area contributed by atoms with Crippen molar-refractivity contribution in [3.05, 3.63) is 66.0 Å². The van der Waals surface area contributed by atoms with Gasteiger partial charge in [0.15, 0.2) is 5.82 Å². The second-order valence-corrected chi connectivity index (χ2v) is 10.1. The molecule has 10 nitrogen and oxygen atoms in total. The average molecular weight is 564 g/mol.